The smallest absolute Gasteiger partial charge is 0.135 e. The first-order valence-corrected chi connectivity index (χ1v) is 5.57. The summed E-state index contributed by atoms with van der Waals surface area (Å²) in [5, 5.41) is 1.17. The SMILES string of the molecule is C=C/C=C\c1c(C)oc2cc(CC)ccc12. The molecule has 0 amide bonds. The zero-order valence-electron chi connectivity index (χ0n) is 9.79. The third-order valence-corrected chi connectivity index (χ3v) is 2.79. The van der Waals surface area contributed by atoms with Crippen LogP contribution in [0.4, 0.5) is 0 Å². The van der Waals surface area contributed by atoms with Gasteiger partial charge in [-0.1, -0.05) is 43.9 Å². The van der Waals surface area contributed by atoms with Crippen LogP contribution >= 0.6 is 0 Å². The van der Waals surface area contributed by atoms with Gasteiger partial charge in [0.1, 0.15) is 11.3 Å². The molecule has 0 aliphatic heterocycles. The van der Waals surface area contributed by atoms with Crippen molar-refractivity contribution in [3.63, 3.8) is 0 Å². The molecule has 1 aromatic heterocycles. The van der Waals surface area contributed by atoms with Gasteiger partial charge in [-0.05, 0) is 25.0 Å². The molecule has 1 heteroatoms. The molecule has 1 aromatic carbocycles. The Bertz CT molecular complexity index is 544. The second-order valence-electron chi connectivity index (χ2n) is 3.85. The molecule has 0 atom stereocenters. The van der Waals surface area contributed by atoms with Gasteiger partial charge in [0.15, 0.2) is 0 Å². The molecule has 1 nitrogen and oxygen atoms in total. The van der Waals surface area contributed by atoms with E-state index in [1.165, 1.54) is 10.9 Å². The van der Waals surface area contributed by atoms with Gasteiger partial charge >= 0.3 is 0 Å². The van der Waals surface area contributed by atoms with E-state index in [0.29, 0.717) is 0 Å². The van der Waals surface area contributed by atoms with Crippen LogP contribution in [0.5, 0.6) is 0 Å². The van der Waals surface area contributed by atoms with Crippen molar-refractivity contribution < 1.29 is 4.42 Å². The average Bonchev–Trinajstić information content (AvgIpc) is 2.61. The maximum Gasteiger partial charge on any atom is 0.135 e. The molecule has 16 heavy (non-hydrogen) atoms. The van der Waals surface area contributed by atoms with Gasteiger partial charge in [-0.2, -0.15) is 0 Å². The van der Waals surface area contributed by atoms with E-state index in [4.69, 9.17) is 4.42 Å². The molecular weight excluding hydrogens is 196 g/mol. The van der Waals surface area contributed by atoms with Crippen molar-refractivity contribution in [2.45, 2.75) is 20.3 Å². The fourth-order valence-corrected chi connectivity index (χ4v) is 1.87. The predicted molar refractivity (Wildman–Crippen MR) is 69.6 cm³/mol. The lowest BCUT2D eigenvalue weighted by Crippen LogP contribution is -1.78. The maximum atomic E-state index is 5.75. The van der Waals surface area contributed by atoms with E-state index >= 15 is 0 Å². The van der Waals surface area contributed by atoms with E-state index in [1.54, 1.807) is 6.08 Å². The quantitative estimate of drug-likeness (QED) is 0.682. The molecule has 0 aliphatic carbocycles. The normalized spacial score (nSPS) is 11.4. The summed E-state index contributed by atoms with van der Waals surface area (Å²) in [7, 11) is 0. The fourth-order valence-electron chi connectivity index (χ4n) is 1.87. The van der Waals surface area contributed by atoms with Crippen LogP contribution in [0.3, 0.4) is 0 Å². The second-order valence-corrected chi connectivity index (χ2v) is 3.85. The number of benzene rings is 1. The van der Waals surface area contributed by atoms with Crippen molar-refractivity contribution in [3.8, 4) is 0 Å². The van der Waals surface area contributed by atoms with Crippen molar-refractivity contribution in [1.29, 1.82) is 0 Å². The minimum absolute atomic E-state index is 0.960. The molecule has 0 bridgehead atoms. The predicted octanol–water partition coefficient (Wildman–Crippen LogP) is 4.50. The van der Waals surface area contributed by atoms with Gasteiger partial charge in [0.05, 0.1) is 0 Å². The lowest BCUT2D eigenvalue weighted by Gasteiger charge is -1.95. The topological polar surface area (TPSA) is 13.1 Å². The molecule has 0 aliphatic rings. The molecular formula is C15H16O. The van der Waals surface area contributed by atoms with Crippen LogP contribution in [0.1, 0.15) is 23.8 Å². The van der Waals surface area contributed by atoms with Gasteiger partial charge in [0, 0.05) is 10.9 Å². The van der Waals surface area contributed by atoms with Crippen LogP contribution in [-0.4, -0.2) is 0 Å². The zero-order valence-corrected chi connectivity index (χ0v) is 9.79. The highest BCUT2D eigenvalue weighted by Crippen LogP contribution is 2.27. The minimum Gasteiger partial charge on any atom is -0.461 e. The monoisotopic (exact) mass is 212 g/mol. The number of hydrogen-bond acceptors (Lipinski definition) is 1. The Labute approximate surface area is 96.1 Å². The van der Waals surface area contributed by atoms with Gasteiger partial charge in [-0.25, -0.2) is 0 Å². The van der Waals surface area contributed by atoms with Crippen LogP contribution in [0.15, 0.2) is 41.3 Å². The van der Waals surface area contributed by atoms with Crippen LogP contribution in [0.2, 0.25) is 0 Å². The number of allylic oxidation sites excluding steroid dienone is 2. The molecule has 0 spiro atoms. The fraction of sp³-hybridized carbons (Fsp3) is 0.200. The average molecular weight is 212 g/mol. The van der Waals surface area contributed by atoms with Crippen LogP contribution in [-0.2, 0) is 6.42 Å². The summed E-state index contributed by atoms with van der Waals surface area (Å²) < 4.78 is 5.75. The second kappa shape index (κ2) is 4.40. The molecule has 1 heterocycles. The minimum atomic E-state index is 0.960. The highest BCUT2D eigenvalue weighted by atomic mass is 16.3. The summed E-state index contributed by atoms with van der Waals surface area (Å²) in [4.78, 5) is 0. The first kappa shape index (κ1) is 10.7. The van der Waals surface area contributed by atoms with Gasteiger partial charge in [-0.15, -0.1) is 0 Å². The Morgan fingerprint density at radius 2 is 2.19 bits per heavy atom. The van der Waals surface area contributed by atoms with Crippen LogP contribution < -0.4 is 0 Å². The molecule has 0 saturated carbocycles. The van der Waals surface area contributed by atoms with E-state index in [9.17, 15) is 0 Å². The van der Waals surface area contributed by atoms with E-state index in [1.807, 2.05) is 19.1 Å². The Kier molecular flexibility index (Phi) is 2.95. The summed E-state index contributed by atoms with van der Waals surface area (Å²) in [6.45, 7) is 7.82. The number of hydrogen-bond donors (Lipinski definition) is 0. The summed E-state index contributed by atoms with van der Waals surface area (Å²) in [5.41, 5.74) is 3.43. The molecule has 2 rings (SSSR count). The van der Waals surface area contributed by atoms with Crippen molar-refractivity contribution >= 4 is 17.0 Å². The molecule has 0 radical (unpaired) electrons. The molecule has 0 fully saturated rings. The lowest BCUT2D eigenvalue weighted by molar-refractivity contribution is 0.577. The van der Waals surface area contributed by atoms with Crippen molar-refractivity contribution in [3.05, 3.63) is 53.8 Å². The van der Waals surface area contributed by atoms with Gasteiger partial charge in [-0.3, -0.25) is 0 Å². The first-order valence-electron chi connectivity index (χ1n) is 5.57. The zero-order chi connectivity index (χ0) is 11.5. The van der Waals surface area contributed by atoms with E-state index in [2.05, 4.69) is 31.7 Å². The summed E-state index contributed by atoms with van der Waals surface area (Å²) in [5.74, 6) is 0.960. The molecule has 0 saturated heterocycles. The van der Waals surface area contributed by atoms with Gasteiger partial charge in [0.25, 0.3) is 0 Å². The molecule has 2 aromatic rings. The van der Waals surface area contributed by atoms with Crippen LogP contribution in [0.25, 0.3) is 17.0 Å². The molecule has 82 valence electrons. The number of aryl methyl sites for hydroxylation is 2. The maximum absolute atomic E-state index is 5.75. The van der Waals surface area contributed by atoms with E-state index < -0.39 is 0 Å². The number of fused-ring (bicyclic) bond motifs is 1. The summed E-state index contributed by atoms with van der Waals surface area (Å²) in [6, 6.07) is 6.41. The van der Waals surface area contributed by atoms with Crippen molar-refractivity contribution in [2.75, 3.05) is 0 Å². The standard InChI is InChI=1S/C15H16O/c1-4-6-7-13-11(3)16-15-10-12(5-2)8-9-14(13)15/h4,6-10H,1,5H2,2-3H3/b7-6-. The molecule has 0 unspecified atom stereocenters. The highest BCUT2D eigenvalue weighted by molar-refractivity contribution is 5.89. The third kappa shape index (κ3) is 1.81. The summed E-state index contributed by atoms with van der Waals surface area (Å²) >= 11 is 0. The Balaban J connectivity index is 2.61. The Hall–Kier alpha value is -1.76. The van der Waals surface area contributed by atoms with E-state index in [0.717, 1.165) is 23.3 Å². The summed E-state index contributed by atoms with van der Waals surface area (Å²) in [6.07, 6.45) is 6.79. The first-order chi connectivity index (χ1) is 7.76. The Morgan fingerprint density at radius 1 is 1.38 bits per heavy atom. The van der Waals surface area contributed by atoms with Crippen molar-refractivity contribution in [1.82, 2.24) is 0 Å². The van der Waals surface area contributed by atoms with Crippen LogP contribution in [0, 0.1) is 6.92 Å². The van der Waals surface area contributed by atoms with Crippen molar-refractivity contribution in [2.24, 2.45) is 0 Å². The lowest BCUT2D eigenvalue weighted by atomic mass is 10.1. The molecule has 0 N–H and O–H groups in total. The third-order valence-electron chi connectivity index (χ3n) is 2.79. The highest BCUT2D eigenvalue weighted by Gasteiger charge is 2.08. The largest absolute Gasteiger partial charge is 0.461 e. The van der Waals surface area contributed by atoms with Gasteiger partial charge in [0.2, 0.25) is 0 Å². The number of rotatable bonds is 3. The number of furan rings is 1. The Morgan fingerprint density at radius 3 is 2.88 bits per heavy atom. The van der Waals surface area contributed by atoms with E-state index in [-0.39, 0.29) is 0 Å². The van der Waals surface area contributed by atoms with Gasteiger partial charge < -0.3 is 4.42 Å².